The van der Waals surface area contributed by atoms with Crippen molar-refractivity contribution in [1.29, 1.82) is 0 Å². The van der Waals surface area contributed by atoms with Crippen molar-refractivity contribution in [2.45, 2.75) is 43.5 Å². The second-order valence-electron chi connectivity index (χ2n) is 5.14. The minimum atomic E-state index is 0.0972. The number of rotatable bonds is 4. The quantitative estimate of drug-likeness (QED) is 0.831. The van der Waals surface area contributed by atoms with Crippen LogP contribution in [0.5, 0.6) is 0 Å². The Morgan fingerprint density at radius 3 is 3.05 bits per heavy atom. The lowest BCUT2D eigenvalue weighted by Crippen LogP contribution is -2.41. The number of carbonyl (C=O) groups is 1. The molecule has 104 valence electrons. The maximum absolute atomic E-state index is 12.0. The number of pyridine rings is 1. The van der Waals surface area contributed by atoms with Crippen molar-refractivity contribution in [1.82, 2.24) is 10.3 Å². The fourth-order valence-corrected chi connectivity index (χ4v) is 3.19. The van der Waals surface area contributed by atoms with Gasteiger partial charge in [-0.3, -0.25) is 9.78 Å². The second kappa shape index (κ2) is 6.80. The lowest BCUT2D eigenvalue weighted by molar-refractivity contribution is -0.119. The van der Waals surface area contributed by atoms with Crippen LogP contribution in [0.4, 0.5) is 5.69 Å². The van der Waals surface area contributed by atoms with Gasteiger partial charge in [-0.1, -0.05) is 19.8 Å². The van der Waals surface area contributed by atoms with Crippen LogP contribution in [0, 0.1) is 5.92 Å². The van der Waals surface area contributed by atoms with E-state index in [1.54, 1.807) is 12.4 Å². The monoisotopic (exact) mass is 279 g/mol. The molecule has 0 saturated heterocycles. The third-order valence-electron chi connectivity index (χ3n) is 3.63. The SMILES string of the molecule is CC1CCCCC1NC(=O)CSc1ccncc1N. The van der Waals surface area contributed by atoms with Gasteiger partial charge in [0.05, 0.1) is 17.6 Å². The molecule has 2 unspecified atom stereocenters. The van der Waals surface area contributed by atoms with Gasteiger partial charge in [0.25, 0.3) is 0 Å². The summed E-state index contributed by atoms with van der Waals surface area (Å²) >= 11 is 1.47. The van der Waals surface area contributed by atoms with Crippen molar-refractivity contribution in [2.75, 3.05) is 11.5 Å². The van der Waals surface area contributed by atoms with E-state index in [1.165, 1.54) is 31.0 Å². The molecule has 0 aromatic carbocycles. The molecule has 0 radical (unpaired) electrons. The highest BCUT2D eigenvalue weighted by Crippen LogP contribution is 2.25. The number of nitrogens with zero attached hydrogens (tertiary/aromatic N) is 1. The van der Waals surface area contributed by atoms with E-state index in [4.69, 9.17) is 5.73 Å². The van der Waals surface area contributed by atoms with Crippen molar-refractivity contribution < 1.29 is 4.79 Å². The number of hydrogen-bond donors (Lipinski definition) is 2. The molecule has 0 bridgehead atoms. The van der Waals surface area contributed by atoms with Crippen LogP contribution in [0.25, 0.3) is 0 Å². The van der Waals surface area contributed by atoms with E-state index in [9.17, 15) is 4.79 Å². The fraction of sp³-hybridized carbons (Fsp3) is 0.571. The molecule has 0 aliphatic heterocycles. The van der Waals surface area contributed by atoms with Crippen LogP contribution >= 0.6 is 11.8 Å². The Bertz CT molecular complexity index is 438. The first-order chi connectivity index (χ1) is 9.16. The average molecular weight is 279 g/mol. The molecule has 1 aromatic rings. The summed E-state index contributed by atoms with van der Waals surface area (Å²) in [6.07, 6.45) is 8.14. The summed E-state index contributed by atoms with van der Waals surface area (Å²) in [5.41, 5.74) is 6.43. The van der Waals surface area contributed by atoms with Gasteiger partial charge in [-0.2, -0.15) is 0 Å². The van der Waals surface area contributed by atoms with Crippen LogP contribution in [0.1, 0.15) is 32.6 Å². The lowest BCUT2D eigenvalue weighted by atomic mass is 9.86. The fourth-order valence-electron chi connectivity index (χ4n) is 2.45. The van der Waals surface area contributed by atoms with Gasteiger partial charge in [-0.25, -0.2) is 0 Å². The zero-order chi connectivity index (χ0) is 13.7. The van der Waals surface area contributed by atoms with E-state index in [0.717, 1.165) is 11.3 Å². The van der Waals surface area contributed by atoms with E-state index in [1.807, 2.05) is 6.07 Å². The highest BCUT2D eigenvalue weighted by atomic mass is 32.2. The molecule has 19 heavy (non-hydrogen) atoms. The van der Waals surface area contributed by atoms with Crippen LogP contribution in [0.2, 0.25) is 0 Å². The third-order valence-corrected chi connectivity index (χ3v) is 4.72. The number of thioether (sulfide) groups is 1. The van der Waals surface area contributed by atoms with E-state index in [0.29, 0.717) is 23.4 Å². The Hall–Kier alpha value is -1.23. The summed E-state index contributed by atoms with van der Waals surface area (Å²) in [5, 5.41) is 3.14. The molecule has 1 amide bonds. The summed E-state index contributed by atoms with van der Waals surface area (Å²) in [6, 6.07) is 2.19. The van der Waals surface area contributed by atoms with E-state index in [2.05, 4.69) is 17.2 Å². The topological polar surface area (TPSA) is 68.0 Å². The number of nitrogens with two attached hydrogens (primary N) is 1. The molecule has 0 spiro atoms. The van der Waals surface area contributed by atoms with Gasteiger partial charge in [0.2, 0.25) is 5.91 Å². The van der Waals surface area contributed by atoms with Crippen molar-refractivity contribution in [3.05, 3.63) is 18.5 Å². The zero-order valence-electron chi connectivity index (χ0n) is 11.3. The van der Waals surface area contributed by atoms with Crippen LogP contribution in [-0.4, -0.2) is 22.7 Å². The Balaban J connectivity index is 1.80. The van der Waals surface area contributed by atoms with Crippen LogP contribution in [-0.2, 0) is 4.79 Å². The number of anilines is 1. The Morgan fingerprint density at radius 2 is 2.32 bits per heavy atom. The largest absolute Gasteiger partial charge is 0.397 e. The number of amides is 1. The molecular weight excluding hydrogens is 258 g/mol. The first-order valence-corrected chi connectivity index (χ1v) is 7.77. The minimum Gasteiger partial charge on any atom is -0.397 e. The minimum absolute atomic E-state index is 0.0972. The maximum atomic E-state index is 12.0. The predicted molar refractivity (Wildman–Crippen MR) is 78.9 cm³/mol. The molecule has 3 N–H and O–H groups in total. The van der Waals surface area contributed by atoms with Gasteiger partial charge >= 0.3 is 0 Å². The normalized spacial score (nSPS) is 23.0. The van der Waals surface area contributed by atoms with Crippen molar-refractivity contribution >= 4 is 23.4 Å². The van der Waals surface area contributed by atoms with Gasteiger partial charge in [-0.05, 0) is 24.8 Å². The summed E-state index contributed by atoms with van der Waals surface area (Å²) in [4.78, 5) is 16.8. The maximum Gasteiger partial charge on any atom is 0.230 e. The first kappa shape index (κ1) is 14.2. The van der Waals surface area contributed by atoms with E-state index in [-0.39, 0.29) is 5.91 Å². The van der Waals surface area contributed by atoms with Gasteiger partial charge in [-0.15, -0.1) is 11.8 Å². The first-order valence-electron chi connectivity index (χ1n) is 6.78. The summed E-state index contributed by atoms with van der Waals surface area (Å²) in [6.45, 7) is 2.22. The number of aromatic nitrogens is 1. The van der Waals surface area contributed by atoms with Crippen molar-refractivity contribution in [2.24, 2.45) is 5.92 Å². The molecule has 5 heteroatoms. The molecule has 2 rings (SSSR count). The lowest BCUT2D eigenvalue weighted by Gasteiger charge is -2.29. The molecule has 1 saturated carbocycles. The molecule has 1 fully saturated rings. The Morgan fingerprint density at radius 1 is 1.53 bits per heavy atom. The molecule has 1 aliphatic carbocycles. The molecular formula is C14H21N3OS. The molecule has 1 aliphatic rings. The third kappa shape index (κ3) is 4.13. The molecule has 1 heterocycles. The summed E-state index contributed by atoms with van der Waals surface area (Å²) in [5.74, 6) is 1.10. The second-order valence-corrected chi connectivity index (χ2v) is 6.16. The number of nitrogen functional groups attached to an aromatic ring is 1. The van der Waals surface area contributed by atoms with Gasteiger partial charge in [0, 0.05) is 17.1 Å². The molecule has 1 aromatic heterocycles. The highest BCUT2D eigenvalue weighted by molar-refractivity contribution is 8.00. The zero-order valence-corrected chi connectivity index (χ0v) is 12.1. The van der Waals surface area contributed by atoms with Crippen LogP contribution in [0.3, 0.4) is 0 Å². The number of nitrogens with one attached hydrogen (secondary N) is 1. The molecule has 2 atom stereocenters. The number of hydrogen-bond acceptors (Lipinski definition) is 4. The predicted octanol–water partition coefficient (Wildman–Crippen LogP) is 2.45. The van der Waals surface area contributed by atoms with E-state index >= 15 is 0 Å². The van der Waals surface area contributed by atoms with Gasteiger partial charge in [0.15, 0.2) is 0 Å². The van der Waals surface area contributed by atoms with Crippen LogP contribution in [0.15, 0.2) is 23.4 Å². The van der Waals surface area contributed by atoms with E-state index < -0.39 is 0 Å². The van der Waals surface area contributed by atoms with Crippen LogP contribution < -0.4 is 11.1 Å². The van der Waals surface area contributed by atoms with Crippen molar-refractivity contribution in [3.63, 3.8) is 0 Å². The standard InChI is InChI=1S/C14H21N3OS/c1-10-4-2-3-5-12(10)17-14(18)9-19-13-6-7-16-8-11(13)15/h6-8,10,12H,2-5,9,15H2,1H3,(H,17,18). The van der Waals surface area contributed by atoms with Crippen molar-refractivity contribution in [3.8, 4) is 0 Å². The Kier molecular flexibility index (Phi) is 5.07. The summed E-state index contributed by atoms with van der Waals surface area (Å²) < 4.78 is 0. The van der Waals surface area contributed by atoms with Gasteiger partial charge < -0.3 is 11.1 Å². The smallest absolute Gasteiger partial charge is 0.230 e. The average Bonchev–Trinajstić information content (AvgIpc) is 2.40. The van der Waals surface area contributed by atoms with Gasteiger partial charge in [0.1, 0.15) is 0 Å². The Labute approximate surface area is 118 Å². The number of carbonyl (C=O) groups excluding carboxylic acids is 1. The highest BCUT2D eigenvalue weighted by Gasteiger charge is 2.22. The summed E-state index contributed by atoms with van der Waals surface area (Å²) in [7, 11) is 0. The molecule has 4 nitrogen and oxygen atoms in total.